The predicted octanol–water partition coefficient (Wildman–Crippen LogP) is 2.26. The van der Waals surface area contributed by atoms with Gasteiger partial charge in [-0.1, -0.05) is 12.1 Å². The Morgan fingerprint density at radius 2 is 1.76 bits per heavy atom. The number of amides is 1. The molecule has 0 aliphatic carbocycles. The van der Waals surface area contributed by atoms with E-state index in [2.05, 4.69) is 0 Å². The Hall–Kier alpha value is -2.76. The number of nitrogens with zero attached hydrogens (tertiary/aromatic N) is 1. The van der Waals surface area contributed by atoms with E-state index in [4.69, 9.17) is 14.3 Å². The second-order valence-electron chi connectivity index (χ2n) is 4.48. The maximum Gasteiger partial charge on any atom is 0.371 e. The molecule has 1 aromatic heterocycles. The lowest BCUT2D eigenvalue weighted by molar-refractivity contribution is 0.0653. The number of hydrogen-bond donors (Lipinski definition) is 1. The first-order valence-corrected chi connectivity index (χ1v) is 6.23. The van der Waals surface area contributed by atoms with E-state index in [1.807, 2.05) is 24.3 Å². The maximum absolute atomic E-state index is 12.1. The first-order chi connectivity index (χ1) is 10.0. The number of aromatic carboxylic acids is 1. The van der Waals surface area contributed by atoms with Crippen molar-refractivity contribution >= 4 is 11.9 Å². The average Bonchev–Trinajstić information content (AvgIpc) is 2.97. The van der Waals surface area contributed by atoms with Gasteiger partial charge in [0.25, 0.3) is 5.91 Å². The molecule has 1 N–H and O–H groups in total. The molecule has 6 heteroatoms. The molecule has 0 aliphatic rings. The van der Waals surface area contributed by atoms with Crippen LogP contribution in [0.2, 0.25) is 0 Å². The lowest BCUT2D eigenvalue weighted by Crippen LogP contribution is -2.25. The fourth-order valence-corrected chi connectivity index (χ4v) is 1.83. The zero-order valence-electron chi connectivity index (χ0n) is 11.7. The third-order valence-electron chi connectivity index (χ3n) is 2.95. The molecule has 0 bridgehead atoms. The highest BCUT2D eigenvalue weighted by atomic mass is 16.5. The van der Waals surface area contributed by atoms with E-state index >= 15 is 0 Å². The quantitative estimate of drug-likeness (QED) is 0.913. The summed E-state index contributed by atoms with van der Waals surface area (Å²) in [5.74, 6) is -1.09. The van der Waals surface area contributed by atoms with E-state index in [9.17, 15) is 9.59 Å². The normalized spacial score (nSPS) is 10.2. The minimum Gasteiger partial charge on any atom is -0.497 e. The van der Waals surface area contributed by atoms with Crippen LogP contribution in [0.4, 0.5) is 0 Å². The van der Waals surface area contributed by atoms with Crippen LogP contribution in [0.5, 0.6) is 5.75 Å². The molecule has 0 radical (unpaired) electrons. The van der Waals surface area contributed by atoms with Gasteiger partial charge in [-0.15, -0.1) is 0 Å². The third kappa shape index (κ3) is 3.42. The number of benzene rings is 1. The van der Waals surface area contributed by atoms with Crippen molar-refractivity contribution in [3.05, 3.63) is 53.5 Å². The summed E-state index contributed by atoms with van der Waals surface area (Å²) in [6.45, 7) is 0.381. The predicted molar refractivity (Wildman–Crippen MR) is 74.5 cm³/mol. The summed E-state index contributed by atoms with van der Waals surface area (Å²) in [6, 6.07) is 9.94. The topological polar surface area (TPSA) is 80.0 Å². The van der Waals surface area contributed by atoms with Crippen LogP contribution < -0.4 is 4.74 Å². The van der Waals surface area contributed by atoms with E-state index in [-0.39, 0.29) is 17.4 Å². The zero-order chi connectivity index (χ0) is 15.4. The van der Waals surface area contributed by atoms with E-state index in [1.165, 1.54) is 17.0 Å². The molecule has 2 aromatic rings. The van der Waals surface area contributed by atoms with E-state index in [0.717, 1.165) is 11.3 Å². The summed E-state index contributed by atoms with van der Waals surface area (Å²) in [4.78, 5) is 24.3. The van der Waals surface area contributed by atoms with Gasteiger partial charge in [0, 0.05) is 13.6 Å². The summed E-state index contributed by atoms with van der Waals surface area (Å²) in [5.41, 5.74) is 0.927. The van der Waals surface area contributed by atoms with Crippen LogP contribution in [0, 0.1) is 0 Å². The van der Waals surface area contributed by atoms with Crippen molar-refractivity contribution in [2.75, 3.05) is 14.2 Å². The molecular weight excluding hydrogens is 274 g/mol. The number of rotatable bonds is 5. The molecule has 2 rings (SSSR count). The number of carbonyl (C=O) groups is 2. The van der Waals surface area contributed by atoms with Crippen LogP contribution in [0.3, 0.4) is 0 Å². The molecule has 0 spiro atoms. The average molecular weight is 289 g/mol. The molecule has 0 saturated carbocycles. The molecule has 0 aliphatic heterocycles. The van der Waals surface area contributed by atoms with Crippen molar-refractivity contribution in [2.24, 2.45) is 0 Å². The number of carbonyl (C=O) groups excluding carboxylic acids is 1. The third-order valence-corrected chi connectivity index (χ3v) is 2.95. The molecule has 0 fully saturated rings. The summed E-state index contributed by atoms with van der Waals surface area (Å²) in [6.07, 6.45) is 0. The molecule has 6 nitrogen and oxygen atoms in total. The molecule has 1 aromatic carbocycles. The number of carboxylic acids is 1. The van der Waals surface area contributed by atoms with Crippen molar-refractivity contribution in [1.29, 1.82) is 0 Å². The standard InChI is InChI=1S/C15H15NO5/c1-16(9-10-3-5-11(20-2)6-4-10)14(17)12-7-8-13(21-12)15(18)19/h3-8H,9H2,1-2H3,(H,18,19). The first-order valence-electron chi connectivity index (χ1n) is 6.23. The SMILES string of the molecule is COc1ccc(CN(C)C(=O)c2ccc(C(=O)O)o2)cc1. The van der Waals surface area contributed by atoms with Crippen LogP contribution in [0.15, 0.2) is 40.8 Å². The van der Waals surface area contributed by atoms with Crippen molar-refractivity contribution < 1.29 is 23.8 Å². The molecule has 21 heavy (non-hydrogen) atoms. The fourth-order valence-electron chi connectivity index (χ4n) is 1.83. The van der Waals surface area contributed by atoms with Crippen LogP contribution >= 0.6 is 0 Å². The maximum atomic E-state index is 12.1. The minimum atomic E-state index is -1.20. The lowest BCUT2D eigenvalue weighted by Gasteiger charge is -2.16. The largest absolute Gasteiger partial charge is 0.497 e. The molecular formula is C15H15NO5. The molecule has 0 saturated heterocycles. The number of ether oxygens (including phenoxy) is 1. The zero-order valence-corrected chi connectivity index (χ0v) is 11.7. The van der Waals surface area contributed by atoms with E-state index < -0.39 is 5.97 Å². The highest BCUT2D eigenvalue weighted by Crippen LogP contribution is 2.15. The Morgan fingerprint density at radius 1 is 1.14 bits per heavy atom. The van der Waals surface area contributed by atoms with E-state index in [0.29, 0.717) is 6.54 Å². The second kappa shape index (κ2) is 6.13. The van der Waals surface area contributed by atoms with Crippen molar-refractivity contribution in [2.45, 2.75) is 6.54 Å². The Kier molecular flexibility index (Phi) is 4.27. The Bertz CT molecular complexity index is 644. The molecule has 1 heterocycles. The van der Waals surface area contributed by atoms with Gasteiger partial charge in [0.2, 0.25) is 5.76 Å². The molecule has 1 amide bonds. The van der Waals surface area contributed by atoms with Gasteiger partial charge in [-0.05, 0) is 29.8 Å². The van der Waals surface area contributed by atoms with Gasteiger partial charge in [0.05, 0.1) is 7.11 Å². The second-order valence-corrected chi connectivity index (χ2v) is 4.48. The van der Waals surface area contributed by atoms with Crippen molar-refractivity contribution in [1.82, 2.24) is 4.90 Å². The summed E-state index contributed by atoms with van der Waals surface area (Å²) < 4.78 is 10.1. The van der Waals surface area contributed by atoms with E-state index in [1.54, 1.807) is 14.2 Å². The Balaban J connectivity index is 2.05. The van der Waals surface area contributed by atoms with Crippen molar-refractivity contribution in [3.8, 4) is 5.75 Å². The molecule has 110 valence electrons. The number of carboxylic acid groups (broad SMARTS) is 1. The van der Waals surface area contributed by atoms with Gasteiger partial charge in [0.1, 0.15) is 5.75 Å². The van der Waals surface area contributed by atoms with Gasteiger partial charge in [-0.3, -0.25) is 4.79 Å². The lowest BCUT2D eigenvalue weighted by atomic mass is 10.2. The summed E-state index contributed by atoms with van der Waals surface area (Å²) in [5, 5.41) is 8.77. The van der Waals surface area contributed by atoms with Crippen LogP contribution in [-0.2, 0) is 6.54 Å². The monoisotopic (exact) mass is 289 g/mol. The summed E-state index contributed by atoms with van der Waals surface area (Å²) in [7, 11) is 3.21. The van der Waals surface area contributed by atoms with Gasteiger partial charge in [-0.2, -0.15) is 0 Å². The van der Waals surface area contributed by atoms with Crippen LogP contribution in [0.25, 0.3) is 0 Å². The first kappa shape index (κ1) is 14.6. The van der Waals surface area contributed by atoms with Gasteiger partial charge >= 0.3 is 5.97 Å². The van der Waals surface area contributed by atoms with Crippen LogP contribution in [0.1, 0.15) is 26.7 Å². The van der Waals surface area contributed by atoms with Crippen LogP contribution in [-0.4, -0.2) is 36.0 Å². The minimum absolute atomic E-state index is 0.00316. The highest BCUT2D eigenvalue weighted by Gasteiger charge is 2.18. The fraction of sp³-hybridized carbons (Fsp3) is 0.200. The smallest absolute Gasteiger partial charge is 0.371 e. The Labute approximate surface area is 121 Å². The number of furan rings is 1. The highest BCUT2D eigenvalue weighted by molar-refractivity contribution is 5.93. The van der Waals surface area contributed by atoms with Crippen molar-refractivity contribution in [3.63, 3.8) is 0 Å². The molecule has 0 unspecified atom stereocenters. The summed E-state index contributed by atoms with van der Waals surface area (Å²) >= 11 is 0. The van der Waals surface area contributed by atoms with Gasteiger partial charge < -0.3 is 19.2 Å². The Morgan fingerprint density at radius 3 is 2.29 bits per heavy atom. The number of hydrogen-bond acceptors (Lipinski definition) is 4. The molecule has 0 atom stereocenters. The van der Waals surface area contributed by atoms with Gasteiger partial charge in [-0.25, -0.2) is 4.79 Å². The van der Waals surface area contributed by atoms with Gasteiger partial charge in [0.15, 0.2) is 5.76 Å². The number of methoxy groups -OCH3 is 1.